The Morgan fingerprint density at radius 1 is 1.04 bits per heavy atom. The van der Waals surface area contributed by atoms with E-state index in [0.29, 0.717) is 5.56 Å². The van der Waals surface area contributed by atoms with Gasteiger partial charge in [0.1, 0.15) is 22.0 Å². The Balaban J connectivity index is 1.85. The number of aryl methyl sites for hydroxylation is 2. The highest BCUT2D eigenvalue weighted by atomic mass is 32.1. The number of hydrogen-bond donors (Lipinski definition) is 1. The van der Waals surface area contributed by atoms with Crippen LogP contribution in [0.2, 0.25) is 0 Å². The van der Waals surface area contributed by atoms with Gasteiger partial charge in [0.2, 0.25) is 0 Å². The maximum atomic E-state index is 12.4. The molecule has 3 rings (SSSR count). The lowest BCUT2D eigenvalue weighted by molar-refractivity contribution is 0.0452. The van der Waals surface area contributed by atoms with Crippen LogP contribution in [0.25, 0.3) is 0 Å². The van der Waals surface area contributed by atoms with E-state index in [9.17, 15) is 14.4 Å². The molecule has 0 spiro atoms. The van der Waals surface area contributed by atoms with E-state index in [1.165, 1.54) is 19.8 Å². The van der Waals surface area contributed by atoms with Gasteiger partial charge in [0.15, 0.2) is 0 Å². The number of thiophene rings is 1. The third kappa shape index (κ3) is 3.66. The lowest BCUT2D eigenvalue weighted by Gasteiger charge is -2.09. The van der Waals surface area contributed by atoms with Crippen molar-refractivity contribution in [1.82, 2.24) is 0 Å². The van der Waals surface area contributed by atoms with Gasteiger partial charge >= 0.3 is 17.9 Å². The van der Waals surface area contributed by atoms with E-state index in [1.807, 2.05) is 12.1 Å². The first-order chi connectivity index (χ1) is 13.0. The number of nitrogen functional groups attached to an aromatic ring is 1. The second kappa shape index (κ2) is 7.79. The van der Waals surface area contributed by atoms with Crippen molar-refractivity contribution in [1.29, 1.82) is 0 Å². The highest BCUT2D eigenvalue weighted by molar-refractivity contribution is 7.18. The largest absolute Gasteiger partial charge is 0.465 e. The van der Waals surface area contributed by atoms with Crippen molar-refractivity contribution in [2.24, 2.45) is 0 Å². The highest BCUT2D eigenvalue weighted by Gasteiger charge is 2.28. The lowest BCUT2D eigenvalue weighted by atomic mass is 10.1. The van der Waals surface area contributed by atoms with Crippen LogP contribution in [-0.2, 0) is 33.7 Å². The van der Waals surface area contributed by atoms with Gasteiger partial charge in [-0.25, -0.2) is 14.4 Å². The minimum atomic E-state index is -0.706. The predicted octanol–water partition coefficient (Wildman–Crippen LogP) is 2.75. The number of anilines is 1. The molecule has 1 aromatic carbocycles. The molecule has 0 fully saturated rings. The lowest BCUT2D eigenvalue weighted by Crippen LogP contribution is -2.13. The van der Waals surface area contributed by atoms with Gasteiger partial charge < -0.3 is 19.9 Å². The van der Waals surface area contributed by atoms with E-state index in [4.69, 9.17) is 19.9 Å². The first kappa shape index (κ1) is 18.9. The molecule has 2 N–H and O–H groups in total. The minimum absolute atomic E-state index is 0.0182. The summed E-state index contributed by atoms with van der Waals surface area (Å²) in [7, 11) is 2.42. The fourth-order valence-electron chi connectivity index (χ4n) is 3.13. The predicted molar refractivity (Wildman–Crippen MR) is 99.0 cm³/mol. The normalized spacial score (nSPS) is 12.4. The molecular formula is C19H19NO6S. The summed E-state index contributed by atoms with van der Waals surface area (Å²) in [6.45, 7) is -0.293. The van der Waals surface area contributed by atoms with E-state index in [2.05, 4.69) is 0 Å². The Morgan fingerprint density at radius 2 is 1.74 bits per heavy atom. The summed E-state index contributed by atoms with van der Waals surface area (Å²) in [5, 5.41) is 0.103. The van der Waals surface area contributed by atoms with Crippen LogP contribution in [0.5, 0.6) is 0 Å². The number of esters is 3. The van der Waals surface area contributed by atoms with Crippen LogP contribution < -0.4 is 5.73 Å². The topological polar surface area (TPSA) is 105 Å². The summed E-state index contributed by atoms with van der Waals surface area (Å²) >= 11 is 0.892. The molecule has 0 saturated heterocycles. The van der Waals surface area contributed by atoms with Crippen LogP contribution in [-0.4, -0.2) is 32.1 Å². The molecule has 0 amide bonds. The average Bonchev–Trinajstić information content (AvgIpc) is 3.28. The van der Waals surface area contributed by atoms with Crippen molar-refractivity contribution < 1.29 is 28.6 Å². The zero-order chi connectivity index (χ0) is 19.6. The molecule has 27 heavy (non-hydrogen) atoms. The van der Waals surface area contributed by atoms with Crippen molar-refractivity contribution in [2.45, 2.75) is 25.9 Å². The average molecular weight is 389 g/mol. The summed E-state index contributed by atoms with van der Waals surface area (Å²) in [5.41, 5.74) is 8.89. The summed E-state index contributed by atoms with van der Waals surface area (Å²) in [4.78, 5) is 36.6. The van der Waals surface area contributed by atoms with Gasteiger partial charge in [-0.1, -0.05) is 6.07 Å². The number of benzene rings is 1. The fraction of sp³-hybridized carbons (Fsp3) is 0.316. The van der Waals surface area contributed by atoms with Crippen molar-refractivity contribution >= 4 is 34.2 Å². The van der Waals surface area contributed by atoms with Crippen molar-refractivity contribution in [3.05, 3.63) is 50.9 Å². The molecule has 2 aromatic rings. The molecule has 1 aliphatic rings. The van der Waals surface area contributed by atoms with Crippen LogP contribution in [0, 0.1) is 0 Å². The Kier molecular flexibility index (Phi) is 5.46. The Bertz CT molecular complexity index is 917. The second-order valence-corrected chi connectivity index (χ2v) is 7.10. The van der Waals surface area contributed by atoms with Crippen LogP contribution in [0.3, 0.4) is 0 Å². The molecule has 7 nitrogen and oxygen atoms in total. The van der Waals surface area contributed by atoms with Crippen LogP contribution in [0.4, 0.5) is 5.00 Å². The third-order valence-corrected chi connectivity index (χ3v) is 5.52. The zero-order valence-corrected chi connectivity index (χ0v) is 15.8. The molecule has 142 valence electrons. The van der Waals surface area contributed by atoms with Gasteiger partial charge in [-0.15, -0.1) is 11.3 Å². The van der Waals surface area contributed by atoms with E-state index in [1.54, 1.807) is 6.07 Å². The number of rotatable bonds is 5. The van der Waals surface area contributed by atoms with E-state index < -0.39 is 17.9 Å². The number of carbonyl (C=O) groups is 3. The third-order valence-electron chi connectivity index (χ3n) is 4.48. The standard InChI is InChI=1S/C19H19NO6S/c1-24-18(22)14-13(15(19(23)25-2)27-16(14)20)9-26-17(21)12-7-6-10-4-3-5-11(10)8-12/h6-8H,3-5,9,20H2,1-2H3. The smallest absolute Gasteiger partial charge is 0.348 e. The number of ether oxygens (including phenoxy) is 3. The van der Waals surface area contributed by atoms with Crippen LogP contribution in [0.1, 0.15) is 53.5 Å². The minimum Gasteiger partial charge on any atom is -0.465 e. The molecule has 1 aromatic heterocycles. The number of hydrogen-bond acceptors (Lipinski definition) is 8. The van der Waals surface area contributed by atoms with E-state index in [0.717, 1.165) is 36.2 Å². The van der Waals surface area contributed by atoms with Gasteiger partial charge in [0.05, 0.1) is 19.8 Å². The molecule has 0 unspecified atom stereocenters. The monoisotopic (exact) mass is 389 g/mol. The molecule has 1 aliphatic carbocycles. The Labute approximate surface area is 160 Å². The summed E-state index contributed by atoms with van der Waals surface area (Å²) in [6, 6.07) is 5.48. The van der Waals surface area contributed by atoms with Crippen molar-refractivity contribution in [3.63, 3.8) is 0 Å². The summed E-state index contributed by atoms with van der Waals surface area (Å²) < 4.78 is 14.8. The first-order valence-corrected chi connectivity index (χ1v) is 9.14. The van der Waals surface area contributed by atoms with Crippen LogP contribution in [0.15, 0.2) is 18.2 Å². The molecule has 0 aliphatic heterocycles. The number of nitrogens with two attached hydrogens (primary N) is 1. The summed E-state index contributed by atoms with van der Waals surface area (Å²) in [6.07, 6.45) is 3.04. The Morgan fingerprint density at radius 3 is 2.44 bits per heavy atom. The maximum Gasteiger partial charge on any atom is 0.348 e. The Hall–Kier alpha value is -2.87. The second-order valence-electron chi connectivity index (χ2n) is 6.05. The number of methoxy groups -OCH3 is 2. The van der Waals surface area contributed by atoms with Gasteiger partial charge in [-0.2, -0.15) is 0 Å². The number of fused-ring (bicyclic) bond motifs is 1. The van der Waals surface area contributed by atoms with Gasteiger partial charge in [0.25, 0.3) is 0 Å². The molecule has 0 radical (unpaired) electrons. The van der Waals surface area contributed by atoms with Crippen molar-refractivity contribution in [2.75, 3.05) is 20.0 Å². The van der Waals surface area contributed by atoms with Crippen LogP contribution >= 0.6 is 11.3 Å². The van der Waals surface area contributed by atoms with E-state index in [-0.39, 0.29) is 27.6 Å². The molecule has 0 saturated carbocycles. The van der Waals surface area contributed by atoms with Gasteiger partial charge in [0, 0.05) is 5.56 Å². The molecular weight excluding hydrogens is 370 g/mol. The summed E-state index contributed by atoms with van der Waals surface area (Å²) in [5.74, 6) is -1.91. The quantitative estimate of drug-likeness (QED) is 0.619. The van der Waals surface area contributed by atoms with Crippen molar-refractivity contribution in [3.8, 4) is 0 Å². The fourth-order valence-corrected chi connectivity index (χ4v) is 4.11. The number of carbonyl (C=O) groups excluding carboxylic acids is 3. The highest BCUT2D eigenvalue weighted by Crippen LogP contribution is 2.33. The van der Waals surface area contributed by atoms with Gasteiger partial charge in [-0.05, 0) is 42.5 Å². The molecule has 0 bridgehead atoms. The molecule has 1 heterocycles. The zero-order valence-electron chi connectivity index (χ0n) is 15.0. The molecule has 0 atom stereocenters. The molecule has 8 heteroatoms. The first-order valence-electron chi connectivity index (χ1n) is 8.33. The van der Waals surface area contributed by atoms with Gasteiger partial charge in [-0.3, -0.25) is 0 Å². The maximum absolute atomic E-state index is 12.4. The van der Waals surface area contributed by atoms with E-state index >= 15 is 0 Å². The SMILES string of the molecule is COC(=O)c1sc(N)c(C(=O)OC)c1COC(=O)c1ccc2c(c1)CCC2.